The number of thiophene rings is 1. The number of amides is 1. The van der Waals surface area contributed by atoms with Crippen molar-refractivity contribution in [2.45, 2.75) is 0 Å². The fourth-order valence-corrected chi connectivity index (χ4v) is 1.88. The Hall–Kier alpha value is -1.81. The number of benzene rings is 1. The van der Waals surface area contributed by atoms with Gasteiger partial charge in [0.15, 0.2) is 0 Å². The van der Waals surface area contributed by atoms with Crippen molar-refractivity contribution in [3.8, 4) is 5.75 Å². The van der Waals surface area contributed by atoms with Crippen molar-refractivity contribution in [1.29, 1.82) is 0 Å². The topological polar surface area (TPSA) is 29.5 Å². The molecule has 0 aliphatic rings. The second-order valence-corrected chi connectivity index (χ2v) is 4.00. The summed E-state index contributed by atoms with van der Waals surface area (Å²) in [5.74, 6) is 0.551. The molecule has 1 heterocycles. The minimum absolute atomic E-state index is 0.385. The van der Waals surface area contributed by atoms with Gasteiger partial charge in [-0.3, -0.25) is 4.90 Å². The van der Waals surface area contributed by atoms with Gasteiger partial charge in [-0.25, -0.2) is 4.79 Å². The Balaban J connectivity index is 2.04. The minimum Gasteiger partial charge on any atom is -0.410 e. The number of para-hydroxylation sites is 1. The Morgan fingerprint density at radius 2 is 2.00 bits per heavy atom. The maximum Gasteiger partial charge on any atom is 0.419 e. The van der Waals surface area contributed by atoms with Crippen LogP contribution in [0.25, 0.3) is 0 Å². The third kappa shape index (κ3) is 2.41. The standard InChI is InChI=1S/C12H11NO2S/c1-13(10-7-8-16-9-10)12(14)15-11-5-3-2-4-6-11/h2-9H,1H3. The lowest BCUT2D eigenvalue weighted by Crippen LogP contribution is -2.28. The van der Waals surface area contributed by atoms with Crippen LogP contribution in [0.4, 0.5) is 10.5 Å². The molecule has 1 amide bonds. The lowest BCUT2D eigenvalue weighted by molar-refractivity contribution is 0.209. The van der Waals surface area contributed by atoms with Gasteiger partial charge in [0.1, 0.15) is 5.75 Å². The maximum atomic E-state index is 11.7. The van der Waals surface area contributed by atoms with E-state index in [1.54, 1.807) is 30.5 Å². The van der Waals surface area contributed by atoms with Gasteiger partial charge in [-0.05, 0) is 23.6 Å². The molecule has 4 heteroatoms. The van der Waals surface area contributed by atoms with Crippen LogP contribution >= 0.6 is 11.3 Å². The molecule has 0 spiro atoms. The van der Waals surface area contributed by atoms with Crippen molar-refractivity contribution in [1.82, 2.24) is 0 Å². The van der Waals surface area contributed by atoms with Crippen LogP contribution < -0.4 is 9.64 Å². The van der Waals surface area contributed by atoms with Crippen molar-refractivity contribution in [3.05, 3.63) is 47.2 Å². The molecule has 0 atom stereocenters. The Morgan fingerprint density at radius 1 is 1.25 bits per heavy atom. The number of rotatable bonds is 2. The molecule has 0 radical (unpaired) electrons. The number of anilines is 1. The van der Waals surface area contributed by atoms with Crippen molar-refractivity contribution in [2.24, 2.45) is 0 Å². The summed E-state index contributed by atoms with van der Waals surface area (Å²) in [6, 6.07) is 10.9. The number of ether oxygens (including phenoxy) is 1. The molecule has 16 heavy (non-hydrogen) atoms. The summed E-state index contributed by atoms with van der Waals surface area (Å²) >= 11 is 1.54. The zero-order chi connectivity index (χ0) is 11.4. The molecule has 0 saturated carbocycles. The van der Waals surface area contributed by atoms with E-state index in [-0.39, 0.29) is 6.09 Å². The zero-order valence-electron chi connectivity index (χ0n) is 8.79. The average Bonchev–Trinajstić information content (AvgIpc) is 2.83. The highest BCUT2D eigenvalue weighted by Crippen LogP contribution is 2.18. The summed E-state index contributed by atoms with van der Waals surface area (Å²) < 4.78 is 5.19. The molecule has 0 N–H and O–H groups in total. The van der Waals surface area contributed by atoms with E-state index in [4.69, 9.17) is 4.74 Å². The second-order valence-electron chi connectivity index (χ2n) is 3.22. The minimum atomic E-state index is -0.385. The molecule has 2 rings (SSSR count). The highest BCUT2D eigenvalue weighted by atomic mass is 32.1. The summed E-state index contributed by atoms with van der Waals surface area (Å²) in [4.78, 5) is 13.2. The normalized spacial score (nSPS) is 9.81. The molecular formula is C12H11NO2S. The van der Waals surface area contributed by atoms with Crippen LogP contribution in [0.15, 0.2) is 47.2 Å². The van der Waals surface area contributed by atoms with Crippen LogP contribution in [-0.2, 0) is 0 Å². The smallest absolute Gasteiger partial charge is 0.410 e. The van der Waals surface area contributed by atoms with E-state index in [1.807, 2.05) is 35.0 Å². The van der Waals surface area contributed by atoms with E-state index < -0.39 is 0 Å². The molecule has 0 bridgehead atoms. The molecule has 3 nitrogen and oxygen atoms in total. The number of carbonyl (C=O) groups excluding carboxylic acids is 1. The lowest BCUT2D eigenvalue weighted by atomic mass is 10.3. The molecular weight excluding hydrogens is 222 g/mol. The Kier molecular flexibility index (Phi) is 3.22. The predicted octanol–water partition coefficient (Wildman–Crippen LogP) is 3.38. The highest BCUT2D eigenvalue weighted by molar-refractivity contribution is 7.08. The van der Waals surface area contributed by atoms with Crippen LogP contribution in [0.2, 0.25) is 0 Å². The second kappa shape index (κ2) is 4.81. The van der Waals surface area contributed by atoms with Gasteiger partial charge in [0.25, 0.3) is 0 Å². The summed E-state index contributed by atoms with van der Waals surface area (Å²) in [6.45, 7) is 0. The van der Waals surface area contributed by atoms with Gasteiger partial charge < -0.3 is 4.74 Å². The molecule has 2 aromatic rings. The number of nitrogens with zero attached hydrogens (tertiary/aromatic N) is 1. The first-order valence-electron chi connectivity index (χ1n) is 4.80. The summed E-state index contributed by atoms with van der Waals surface area (Å²) in [5, 5.41) is 3.81. The Labute approximate surface area is 97.9 Å². The molecule has 0 aliphatic heterocycles. The molecule has 0 saturated heterocycles. The maximum absolute atomic E-state index is 11.7. The van der Waals surface area contributed by atoms with Gasteiger partial charge in [0, 0.05) is 12.4 Å². The van der Waals surface area contributed by atoms with Gasteiger partial charge in [0.05, 0.1) is 5.69 Å². The van der Waals surface area contributed by atoms with Crippen molar-refractivity contribution in [2.75, 3.05) is 11.9 Å². The van der Waals surface area contributed by atoms with E-state index in [1.165, 1.54) is 4.90 Å². The van der Waals surface area contributed by atoms with Crippen molar-refractivity contribution < 1.29 is 9.53 Å². The van der Waals surface area contributed by atoms with E-state index in [2.05, 4.69) is 0 Å². The summed E-state index contributed by atoms with van der Waals surface area (Å²) in [5.41, 5.74) is 0.839. The van der Waals surface area contributed by atoms with Crippen LogP contribution in [-0.4, -0.2) is 13.1 Å². The first kappa shape index (κ1) is 10.7. The fourth-order valence-electron chi connectivity index (χ4n) is 1.21. The van der Waals surface area contributed by atoms with E-state index in [0.717, 1.165) is 5.69 Å². The zero-order valence-corrected chi connectivity index (χ0v) is 9.61. The largest absolute Gasteiger partial charge is 0.419 e. The quantitative estimate of drug-likeness (QED) is 0.795. The van der Waals surface area contributed by atoms with Crippen LogP contribution in [0.3, 0.4) is 0 Å². The lowest BCUT2D eigenvalue weighted by Gasteiger charge is -2.14. The Morgan fingerprint density at radius 3 is 2.62 bits per heavy atom. The van der Waals surface area contributed by atoms with Crippen LogP contribution in [0.1, 0.15) is 0 Å². The van der Waals surface area contributed by atoms with Gasteiger partial charge in [0.2, 0.25) is 0 Å². The first-order chi connectivity index (χ1) is 7.77. The number of hydrogen-bond acceptors (Lipinski definition) is 3. The van der Waals surface area contributed by atoms with E-state index in [9.17, 15) is 4.79 Å². The van der Waals surface area contributed by atoms with Gasteiger partial charge in [-0.15, -0.1) is 0 Å². The molecule has 0 unspecified atom stereocenters. The monoisotopic (exact) mass is 233 g/mol. The molecule has 1 aromatic heterocycles. The number of carbonyl (C=O) groups is 1. The first-order valence-corrected chi connectivity index (χ1v) is 5.74. The van der Waals surface area contributed by atoms with Gasteiger partial charge in [-0.1, -0.05) is 18.2 Å². The highest BCUT2D eigenvalue weighted by Gasteiger charge is 2.12. The van der Waals surface area contributed by atoms with E-state index in [0.29, 0.717) is 5.75 Å². The van der Waals surface area contributed by atoms with E-state index >= 15 is 0 Å². The SMILES string of the molecule is CN(C(=O)Oc1ccccc1)c1ccsc1. The third-order valence-corrected chi connectivity index (χ3v) is 2.79. The summed E-state index contributed by atoms with van der Waals surface area (Å²) in [6.07, 6.45) is -0.385. The fraction of sp³-hybridized carbons (Fsp3) is 0.0833. The number of hydrogen-bond donors (Lipinski definition) is 0. The van der Waals surface area contributed by atoms with Gasteiger partial charge in [-0.2, -0.15) is 11.3 Å². The Bertz CT molecular complexity index is 453. The van der Waals surface area contributed by atoms with Crippen LogP contribution in [0.5, 0.6) is 5.75 Å². The van der Waals surface area contributed by atoms with Crippen LogP contribution in [0, 0.1) is 0 Å². The third-order valence-electron chi connectivity index (χ3n) is 2.12. The molecule has 82 valence electrons. The summed E-state index contributed by atoms with van der Waals surface area (Å²) in [7, 11) is 1.69. The molecule has 0 aliphatic carbocycles. The van der Waals surface area contributed by atoms with Crippen molar-refractivity contribution in [3.63, 3.8) is 0 Å². The predicted molar refractivity (Wildman–Crippen MR) is 65.2 cm³/mol. The molecule has 1 aromatic carbocycles. The van der Waals surface area contributed by atoms with Crippen molar-refractivity contribution >= 4 is 23.1 Å². The average molecular weight is 233 g/mol. The van der Waals surface area contributed by atoms with Gasteiger partial charge >= 0.3 is 6.09 Å². The molecule has 0 fully saturated rings.